The van der Waals surface area contributed by atoms with Gasteiger partial charge in [0.15, 0.2) is 0 Å². The second-order valence-corrected chi connectivity index (χ2v) is 5.01. The standard InChI is InChI=1S/C17H17N3/c1-11-12(2)18-10-9-15(11)16-13(3)19-20-17(16)14-7-5-4-6-8-14/h4-10H,1-3H3,(H,19,20). The monoisotopic (exact) mass is 263 g/mol. The maximum atomic E-state index is 4.49. The third kappa shape index (κ3) is 2.01. The zero-order valence-corrected chi connectivity index (χ0v) is 11.9. The molecule has 3 heteroatoms. The molecule has 0 bridgehead atoms. The number of hydrogen-bond donors (Lipinski definition) is 1. The first-order valence-electron chi connectivity index (χ1n) is 6.71. The van der Waals surface area contributed by atoms with Crippen LogP contribution in [-0.4, -0.2) is 15.2 Å². The maximum absolute atomic E-state index is 4.49. The topological polar surface area (TPSA) is 41.6 Å². The number of nitrogens with zero attached hydrogens (tertiary/aromatic N) is 2. The Bertz CT molecular complexity index is 742. The van der Waals surface area contributed by atoms with Crippen LogP contribution in [0.15, 0.2) is 42.6 Å². The molecule has 0 aliphatic rings. The summed E-state index contributed by atoms with van der Waals surface area (Å²) in [6, 6.07) is 12.3. The molecule has 0 spiro atoms. The molecule has 2 heterocycles. The van der Waals surface area contributed by atoms with E-state index in [-0.39, 0.29) is 0 Å². The maximum Gasteiger partial charge on any atom is 0.100 e. The van der Waals surface area contributed by atoms with E-state index in [9.17, 15) is 0 Å². The summed E-state index contributed by atoms with van der Waals surface area (Å²) >= 11 is 0. The van der Waals surface area contributed by atoms with E-state index in [2.05, 4.69) is 47.2 Å². The van der Waals surface area contributed by atoms with Gasteiger partial charge in [-0.05, 0) is 38.0 Å². The minimum absolute atomic E-state index is 0.997. The van der Waals surface area contributed by atoms with Crippen molar-refractivity contribution in [3.05, 3.63) is 59.5 Å². The average molecular weight is 263 g/mol. The molecule has 2 aromatic heterocycles. The van der Waals surface area contributed by atoms with Crippen LogP contribution in [0.3, 0.4) is 0 Å². The number of rotatable bonds is 2. The Morgan fingerprint density at radius 3 is 2.45 bits per heavy atom. The molecule has 0 saturated carbocycles. The van der Waals surface area contributed by atoms with E-state index in [1.165, 1.54) is 16.7 Å². The second-order valence-electron chi connectivity index (χ2n) is 5.01. The van der Waals surface area contributed by atoms with E-state index >= 15 is 0 Å². The van der Waals surface area contributed by atoms with Gasteiger partial charge in [-0.3, -0.25) is 10.1 Å². The zero-order valence-electron chi connectivity index (χ0n) is 11.9. The van der Waals surface area contributed by atoms with Crippen molar-refractivity contribution in [2.45, 2.75) is 20.8 Å². The molecule has 1 N–H and O–H groups in total. The minimum Gasteiger partial charge on any atom is -0.282 e. The number of aromatic amines is 1. The molecule has 1 aromatic carbocycles. The predicted octanol–water partition coefficient (Wildman–Crippen LogP) is 4.06. The van der Waals surface area contributed by atoms with Crippen LogP contribution in [0.5, 0.6) is 0 Å². The third-order valence-corrected chi connectivity index (χ3v) is 3.72. The normalized spacial score (nSPS) is 10.8. The van der Waals surface area contributed by atoms with Crippen LogP contribution in [0.25, 0.3) is 22.4 Å². The van der Waals surface area contributed by atoms with Crippen LogP contribution in [0.1, 0.15) is 17.0 Å². The van der Waals surface area contributed by atoms with Gasteiger partial charge in [-0.2, -0.15) is 5.10 Å². The number of hydrogen-bond acceptors (Lipinski definition) is 2. The van der Waals surface area contributed by atoms with Crippen molar-refractivity contribution in [2.24, 2.45) is 0 Å². The summed E-state index contributed by atoms with van der Waals surface area (Å²) in [5.74, 6) is 0. The van der Waals surface area contributed by atoms with Crippen LogP contribution in [-0.2, 0) is 0 Å². The van der Waals surface area contributed by atoms with E-state index in [4.69, 9.17) is 0 Å². The van der Waals surface area contributed by atoms with Gasteiger partial charge >= 0.3 is 0 Å². The van der Waals surface area contributed by atoms with Gasteiger partial charge in [0.2, 0.25) is 0 Å². The van der Waals surface area contributed by atoms with E-state index in [0.717, 1.165) is 22.6 Å². The van der Waals surface area contributed by atoms with E-state index in [1.54, 1.807) is 0 Å². The fourth-order valence-electron chi connectivity index (χ4n) is 2.47. The summed E-state index contributed by atoms with van der Waals surface area (Å²) in [7, 11) is 0. The molecule has 100 valence electrons. The molecule has 0 amide bonds. The van der Waals surface area contributed by atoms with Gasteiger partial charge in [-0.25, -0.2) is 0 Å². The van der Waals surface area contributed by atoms with Crippen molar-refractivity contribution in [2.75, 3.05) is 0 Å². The summed E-state index contributed by atoms with van der Waals surface area (Å²) < 4.78 is 0. The van der Waals surface area contributed by atoms with Crippen LogP contribution in [0, 0.1) is 20.8 Å². The van der Waals surface area contributed by atoms with Crippen molar-refractivity contribution >= 4 is 0 Å². The van der Waals surface area contributed by atoms with Gasteiger partial charge in [0.1, 0.15) is 5.69 Å². The lowest BCUT2D eigenvalue weighted by Gasteiger charge is -2.09. The number of H-pyrrole nitrogens is 1. The summed E-state index contributed by atoms with van der Waals surface area (Å²) in [5.41, 5.74) is 7.83. The van der Waals surface area contributed by atoms with E-state index < -0.39 is 0 Å². The molecular formula is C17H17N3. The highest BCUT2D eigenvalue weighted by atomic mass is 15.1. The van der Waals surface area contributed by atoms with Gasteiger partial charge in [-0.15, -0.1) is 0 Å². The Morgan fingerprint density at radius 2 is 1.70 bits per heavy atom. The van der Waals surface area contributed by atoms with Gasteiger partial charge in [0.25, 0.3) is 0 Å². The van der Waals surface area contributed by atoms with Crippen LogP contribution < -0.4 is 0 Å². The number of aromatic nitrogens is 3. The number of pyridine rings is 1. The fraction of sp³-hybridized carbons (Fsp3) is 0.176. The highest BCUT2D eigenvalue weighted by molar-refractivity contribution is 5.84. The molecule has 3 rings (SSSR count). The van der Waals surface area contributed by atoms with Gasteiger partial charge in [0, 0.05) is 28.7 Å². The molecule has 0 fully saturated rings. The summed E-state index contributed by atoms with van der Waals surface area (Å²) in [5, 5.41) is 7.60. The van der Waals surface area contributed by atoms with Crippen molar-refractivity contribution < 1.29 is 0 Å². The quantitative estimate of drug-likeness (QED) is 0.757. The molecular weight excluding hydrogens is 246 g/mol. The first kappa shape index (κ1) is 12.6. The first-order valence-corrected chi connectivity index (χ1v) is 6.71. The molecule has 3 nitrogen and oxygen atoms in total. The van der Waals surface area contributed by atoms with E-state index in [1.807, 2.05) is 31.3 Å². The molecule has 0 radical (unpaired) electrons. The van der Waals surface area contributed by atoms with Gasteiger partial charge < -0.3 is 0 Å². The summed E-state index contributed by atoms with van der Waals surface area (Å²) in [6.45, 7) is 6.21. The molecule has 20 heavy (non-hydrogen) atoms. The van der Waals surface area contributed by atoms with Gasteiger partial charge in [0.05, 0.1) is 0 Å². The highest BCUT2D eigenvalue weighted by Crippen LogP contribution is 2.34. The molecule has 0 aliphatic heterocycles. The smallest absolute Gasteiger partial charge is 0.100 e. The molecule has 0 aliphatic carbocycles. The Hall–Kier alpha value is -2.42. The lowest BCUT2D eigenvalue weighted by Crippen LogP contribution is -1.92. The van der Waals surface area contributed by atoms with Crippen molar-refractivity contribution in [3.63, 3.8) is 0 Å². The fourth-order valence-corrected chi connectivity index (χ4v) is 2.47. The number of nitrogens with one attached hydrogen (secondary N) is 1. The Morgan fingerprint density at radius 1 is 0.950 bits per heavy atom. The lowest BCUT2D eigenvalue weighted by molar-refractivity contribution is 1.05. The Kier molecular flexibility index (Phi) is 3.11. The van der Waals surface area contributed by atoms with Crippen LogP contribution in [0.2, 0.25) is 0 Å². The largest absolute Gasteiger partial charge is 0.282 e. The summed E-state index contributed by atoms with van der Waals surface area (Å²) in [4.78, 5) is 4.35. The van der Waals surface area contributed by atoms with Crippen molar-refractivity contribution in [1.29, 1.82) is 0 Å². The molecule has 0 saturated heterocycles. The summed E-state index contributed by atoms with van der Waals surface area (Å²) in [6.07, 6.45) is 1.86. The molecule has 3 aromatic rings. The Labute approximate surface area is 118 Å². The Balaban J connectivity index is 2.25. The van der Waals surface area contributed by atoms with Crippen molar-refractivity contribution in [3.8, 4) is 22.4 Å². The lowest BCUT2D eigenvalue weighted by atomic mass is 9.96. The van der Waals surface area contributed by atoms with Crippen LogP contribution >= 0.6 is 0 Å². The molecule has 0 atom stereocenters. The number of aryl methyl sites for hydroxylation is 2. The van der Waals surface area contributed by atoms with E-state index in [0.29, 0.717) is 0 Å². The SMILES string of the molecule is Cc1nccc(-c2c(-c3ccccc3)n[nH]c2C)c1C. The minimum atomic E-state index is 0.997. The predicted molar refractivity (Wildman–Crippen MR) is 81.5 cm³/mol. The number of benzene rings is 1. The van der Waals surface area contributed by atoms with Crippen molar-refractivity contribution in [1.82, 2.24) is 15.2 Å². The molecule has 0 unspecified atom stereocenters. The first-order chi connectivity index (χ1) is 9.68. The average Bonchev–Trinajstić information content (AvgIpc) is 2.85. The third-order valence-electron chi connectivity index (χ3n) is 3.72. The highest BCUT2D eigenvalue weighted by Gasteiger charge is 2.16. The van der Waals surface area contributed by atoms with Crippen LogP contribution in [0.4, 0.5) is 0 Å². The second kappa shape index (κ2) is 4.93. The zero-order chi connectivity index (χ0) is 14.1. The van der Waals surface area contributed by atoms with Gasteiger partial charge in [-0.1, -0.05) is 30.3 Å².